The van der Waals surface area contributed by atoms with E-state index in [1.54, 1.807) is 0 Å². The molecule has 0 spiro atoms. The Balaban J connectivity index is 1.21. The molecule has 0 amide bonds. The van der Waals surface area contributed by atoms with Crippen molar-refractivity contribution >= 4 is 17.1 Å². The van der Waals surface area contributed by atoms with E-state index in [-0.39, 0.29) is 10.8 Å². The highest BCUT2D eigenvalue weighted by atomic mass is 15.1. The van der Waals surface area contributed by atoms with Gasteiger partial charge in [0.05, 0.1) is 5.69 Å². The molecule has 1 nitrogen and oxygen atoms in total. The summed E-state index contributed by atoms with van der Waals surface area (Å²) in [6.45, 7) is 9.42. The van der Waals surface area contributed by atoms with Crippen LogP contribution in [0.15, 0.2) is 164 Å². The number of nitrogens with zero attached hydrogens (tertiary/aromatic N) is 1. The number of para-hydroxylation sites is 1. The molecule has 49 heavy (non-hydrogen) atoms. The van der Waals surface area contributed by atoms with E-state index in [0.717, 1.165) is 17.1 Å². The van der Waals surface area contributed by atoms with Gasteiger partial charge in [-0.2, -0.15) is 0 Å². The Kier molecular flexibility index (Phi) is 6.58. The van der Waals surface area contributed by atoms with E-state index in [9.17, 15) is 0 Å². The number of benzene rings is 7. The smallest absolute Gasteiger partial charge is 0.0540 e. The maximum atomic E-state index is 2.44. The van der Waals surface area contributed by atoms with Crippen LogP contribution in [0, 0.1) is 0 Å². The first-order chi connectivity index (χ1) is 23.8. The largest absolute Gasteiger partial charge is 0.310 e. The minimum absolute atomic E-state index is 0.0270. The SMILES string of the molecule is CC1(C)c2ccccc2-c2ccc(N(c3ccc(-c4cccc5c4-c4ccccc4C5(C)C)cc3)c3ccccc3-c3ccccc3)cc21. The Morgan fingerprint density at radius 2 is 0.857 bits per heavy atom. The topological polar surface area (TPSA) is 3.24 Å². The maximum Gasteiger partial charge on any atom is 0.0540 e. The van der Waals surface area contributed by atoms with Gasteiger partial charge in [-0.05, 0) is 91.5 Å². The molecule has 0 aliphatic heterocycles. The van der Waals surface area contributed by atoms with Crippen LogP contribution >= 0.6 is 0 Å². The molecule has 0 fully saturated rings. The Morgan fingerprint density at radius 3 is 1.61 bits per heavy atom. The Bertz CT molecular complexity index is 2380. The lowest BCUT2D eigenvalue weighted by molar-refractivity contribution is 0.660. The van der Waals surface area contributed by atoms with Crippen LogP contribution in [-0.2, 0) is 10.8 Å². The second kappa shape index (κ2) is 10.9. The fourth-order valence-corrected chi connectivity index (χ4v) is 8.57. The predicted molar refractivity (Wildman–Crippen MR) is 207 cm³/mol. The second-order valence-electron chi connectivity index (χ2n) is 14.6. The molecule has 0 N–H and O–H groups in total. The third kappa shape index (κ3) is 4.46. The van der Waals surface area contributed by atoms with Crippen LogP contribution in [0.3, 0.4) is 0 Å². The fourth-order valence-electron chi connectivity index (χ4n) is 8.57. The highest BCUT2D eigenvalue weighted by Crippen LogP contribution is 2.53. The van der Waals surface area contributed by atoms with E-state index in [2.05, 4.69) is 196 Å². The highest BCUT2D eigenvalue weighted by Gasteiger charge is 2.37. The minimum atomic E-state index is -0.0891. The highest BCUT2D eigenvalue weighted by molar-refractivity contribution is 5.94. The zero-order chi connectivity index (χ0) is 33.3. The van der Waals surface area contributed by atoms with E-state index in [0.29, 0.717) is 0 Å². The first kappa shape index (κ1) is 29.5. The summed E-state index contributed by atoms with van der Waals surface area (Å²) in [6, 6.07) is 60.4. The van der Waals surface area contributed by atoms with Crippen molar-refractivity contribution in [2.24, 2.45) is 0 Å². The molecule has 0 saturated carbocycles. The maximum absolute atomic E-state index is 2.44. The molecule has 0 atom stereocenters. The minimum Gasteiger partial charge on any atom is -0.310 e. The van der Waals surface area contributed by atoms with Crippen LogP contribution in [0.1, 0.15) is 49.9 Å². The van der Waals surface area contributed by atoms with Crippen LogP contribution in [0.4, 0.5) is 17.1 Å². The average Bonchev–Trinajstić information content (AvgIpc) is 3.52. The zero-order valence-corrected chi connectivity index (χ0v) is 28.5. The van der Waals surface area contributed by atoms with Crippen LogP contribution in [0.25, 0.3) is 44.5 Å². The fraction of sp³-hybridized carbons (Fsp3) is 0.125. The molecular weight excluding hydrogens is 591 g/mol. The summed E-state index contributed by atoms with van der Waals surface area (Å²) in [7, 11) is 0. The van der Waals surface area contributed by atoms with Gasteiger partial charge in [0.1, 0.15) is 0 Å². The summed E-state index contributed by atoms with van der Waals surface area (Å²) < 4.78 is 0. The standard InChI is InChI=1S/C48H39N/c1-47(2)42-22-12-9-19-40(42)46-37(20-14-23-43(46)47)33-25-27-34(28-26-33)49(45-24-13-10-17-36(45)32-15-6-5-7-16-32)35-29-30-39-38-18-8-11-21-41(38)48(3,4)44(39)31-35/h5-31H,1-4H3. The van der Waals surface area contributed by atoms with Crippen LogP contribution in [-0.4, -0.2) is 0 Å². The molecule has 0 heterocycles. The van der Waals surface area contributed by atoms with Crippen molar-refractivity contribution in [2.75, 3.05) is 4.90 Å². The number of hydrogen-bond acceptors (Lipinski definition) is 1. The van der Waals surface area contributed by atoms with E-state index in [4.69, 9.17) is 0 Å². The lowest BCUT2D eigenvalue weighted by Gasteiger charge is -2.30. The normalized spacial score (nSPS) is 14.4. The van der Waals surface area contributed by atoms with Gasteiger partial charge in [-0.15, -0.1) is 0 Å². The molecule has 0 radical (unpaired) electrons. The third-order valence-electron chi connectivity index (χ3n) is 11.1. The van der Waals surface area contributed by atoms with Gasteiger partial charge in [-0.25, -0.2) is 0 Å². The van der Waals surface area contributed by atoms with Crippen molar-refractivity contribution in [1.82, 2.24) is 0 Å². The predicted octanol–water partition coefficient (Wildman–Crippen LogP) is 13.1. The molecule has 0 aromatic heterocycles. The van der Waals surface area contributed by atoms with E-state index >= 15 is 0 Å². The molecule has 9 rings (SSSR count). The Hall–Kier alpha value is -5.66. The summed E-state index contributed by atoms with van der Waals surface area (Å²) in [5.74, 6) is 0. The number of rotatable bonds is 5. The molecule has 2 aliphatic carbocycles. The van der Waals surface area contributed by atoms with Crippen molar-refractivity contribution in [2.45, 2.75) is 38.5 Å². The summed E-state index contributed by atoms with van der Waals surface area (Å²) in [5.41, 5.74) is 19.2. The van der Waals surface area contributed by atoms with Crippen LogP contribution in [0.2, 0.25) is 0 Å². The third-order valence-corrected chi connectivity index (χ3v) is 11.1. The van der Waals surface area contributed by atoms with Crippen LogP contribution in [0.5, 0.6) is 0 Å². The Labute approximate surface area is 290 Å². The summed E-state index contributed by atoms with van der Waals surface area (Å²) >= 11 is 0. The Morgan fingerprint density at radius 1 is 0.347 bits per heavy atom. The molecular formula is C48H39N. The molecule has 7 aromatic rings. The molecule has 236 valence electrons. The first-order valence-corrected chi connectivity index (χ1v) is 17.4. The van der Waals surface area contributed by atoms with Crippen molar-refractivity contribution in [3.8, 4) is 44.5 Å². The molecule has 7 aromatic carbocycles. The monoisotopic (exact) mass is 629 g/mol. The van der Waals surface area contributed by atoms with Crippen molar-refractivity contribution in [3.05, 3.63) is 186 Å². The van der Waals surface area contributed by atoms with Gasteiger partial charge >= 0.3 is 0 Å². The zero-order valence-electron chi connectivity index (χ0n) is 28.5. The van der Waals surface area contributed by atoms with E-state index < -0.39 is 0 Å². The lowest BCUT2D eigenvalue weighted by Crippen LogP contribution is -2.16. The van der Waals surface area contributed by atoms with Gasteiger partial charge < -0.3 is 4.90 Å². The number of fused-ring (bicyclic) bond motifs is 6. The van der Waals surface area contributed by atoms with Gasteiger partial charge in [0.2, 0.25) is 0 Å². The van der Waals surface area contributed by atoms with Gasteiger partial charge in [0, 0.05) is 27.8 Å². The molecule has 0 bridgehead atoms. The van der Waals surface area contributed by atoms with E-state index in [1.165, 1.54) is 66.8 Å². The summed E-state index contributed by atoms with van der Waals surface area (Å²) in [4.78, 5) is 2.44. The molecule has 1 heteroatoms. The quantitative estimate of drug-likeness (QED) is 0.183. The summed E-state index contributed by atoms with van der Waals surface area (Å²) in [5, 5.41) is 0. The van der Waals surface area contributed by atoms with Crippen molar-refractivity contribution in [1.29, 1.82) is 0 Å². The molecule has 0 unspecified atom stereocenters. The number of anilines is 3. The summed E-state index contributed by atoms with van der Waals surface area (Å²) in [6.07, 6.45) is 0. The van der Waals surface area contributed by atoms with E-state index in [1.807, 2.05) is 0 Å². The molecule has 0 saturated heterocycles. The van der Waals surface area contributed by atoms with Gasteiger partial charge in [0.15, 0.2) is 0 Å². The average molecular weight is 630 g/mol. The lowest BCUT2D eigenvalue weighted by atomic mass is 9.82. The molecule has 2 aliphatic rings. The van der Waals surface area contributed by atoms with Gasteiger partial charge in [0.25, 0.3) is 0 Å². The van der Waals surface area contributed by atoms with Gasteiger partial charge in [-0.3, -0.25) is 0 Å². The van der Waals surface area contributed by atoms with Crippen LogP contribution < -0.4 is 4.90 Å². The van der Waals surface area contributed by atoms with Gasteiger partial charge in [-0.1, -0.05) is 161 Å². The second-order valence-corrected chi connectivity index (χ2v) is 14.6. The first-order valence-electron chi connectivity index (χ1n) is 17.4. The number of hydrogen-bond donors (Lipinski definition) is 0. The van der Waals surface area contributed by atoms with Crippen molar-refractivity contribution in [3.63, 3.8) is 0 Å². The van der Waals surface area contributed by atoms with Crippen molar-refractivity contribution < 1.29 is 0 Å².